The highest BCUT2D eigenvalue weighted by molar-refractivity contribution is 7.89. The number of pyridine rings is 1. The van der Waals surface area contributed by atoms with Crippen molar-refractivity contribution in [2.75, 3.05) is 26.2 Å². The Bertz CT molecular complexity index is 866. The first-order valence-electron chi connectivity index (χ1n) is 7.33. The van der Waals surface area contributed by atoms with Crippen LogP contribution in [0.15, 0.2) is 35.6 Å². The van der Waals surface area contributed by atoms with Crippen molar-refractivity contribution in [3.63, 3.8) is 0 Å². The van der Waals surface area contributed by atoms with Crippen molar-refractivity contribution in [2.24, 2.45) is 0 Å². The second-order valence-corrected chi connectivity index (χ2v) is 7.75. The van der Waals surface area contributed by atoms with Gasteiger partial charge >= 0.3 is 0 Å². The van der Waals surface area contributed by atoms with E-state index in [2.05, 4.69) is 10.3 Å². The third-order valence-corrected chi connectivity index (χ3v) is 6.21. The van der Waals surface area contributed by atoms with Crippen LogP contribution in [0.1, 0.15) is 6.42 Å². The number of nitrogens with zero attached hydrogens (tertiary/aromatic N) is 3. The fraction of sp³-hybridized carbons (Fsp3) is 0.429. The highest BCUT2D eigenvalue weighted by atomic mass is 32.2. The van der Waals surface area contributed by atoms with Gasteiger partial charge in [-0.25, -0.2) is 13.4 Å². The van der Waals surface area contributed by atoms with E-state index in [0.29, 0.717) is 25.2 Å². The zero-order chi connectivity index (χ0) is 16.1. The molecule has 2 aromatic heterocycles. The van der Waals surface area contributed by atoms with Gasteiger partial charge in [-0.2, -0.15) is 4.31 Å². The Kier molecular flexibility index (Phi) is 3.19. The smallest absolute Gasteiger partial charge is 0.260 e. The van der Waals surface area contributed by atoms with Crippen LogP contribution >= 0.6 is 0 Å². The van der Waals surface area contributed by atoms with Crippen molar-refractivity contribution < 1.29 is 17.9 Å². The van der Waals surface area contributed by atoms with Crippen LogP contribution in [0.3, 0.4) is 0 Å². The van der Waals surface area contributed by atoms with Gasteiger partial charge in [-0.15, -0.1) is 0 Å². The number of morpholine rings is 1. The van der Waals surface area contributed by atoms with Gasteiger partial charge in [0.1, 0.15) is 17.9 Å². The number of aromatic nitrogens is 2. The summed E-state index contributed by atoms with van der Waals surface area (Å²) in [5.41, 5.74) is -0.0391. The van der Waals surface area contributed by atoms with E-state index in [1.54, 1.807) is 22.7 Å². The largest absolute Gasteiger partial charge is 0.362 e. The number of carbonyl (C=O) groups excluding carboxylic acids is 1. The minimum atomic E-state index is -3.67. The summed E-state index contributed by atoms with van der Waals surface area (Å²) in [4.78, 5) is 15.4. The topological polar surface area (TPSA) is 93.0 Å². The van der Waals surface area contributed by atoms with Gasteiger partial charge < -0.3 is 10.1 Å². The second-order valence-electron chi connectivity index (χ2n) is 5.86. The minimum absolute atomic E-state index is 0.0243. The lowest BCUT2D eigenvalue weighted by Gasteiger charge is -2.33. The summed E-state index contributed by atoms with van der Waals surface area (Å²) in [6, 6.07) is 5.32. The molecule has 9 heteroatoms. The monoisotopic (exact) mass is 336 g/mol. The summed E-state index contributed by atoms with van der Waals surface area (Å²) in [5, 5.41) is 2.89. The molecule has 0 bridgehead atoms. The van der Waals surface area contributed by atoms with Gasteiger partial charge in [-0.1, -0.05) is 6.07 Å². The molecule has 2 fully saturated rings. The first-order chi connectivity index (χ1) is 11.0. The van der Waals surface area contributed by atoms with Crippen LogP contribution in [0, 0.1) is 0 Å². The lowest BCUT2D eigenvalue weighted by atomic mass is 10.0. The van der Waals surface area contributed by atoms with Gasteiger partial charge in [0.25, 0.3) is 10.0 Å². The lowest BCUT2D eigenvalue weighted by molar-refractivity contribution is -0.141. The Hall–Kier alpha value is -1.97. The molecule has 0 radical (unpaired) electrons. The zero-order valence-electron chi connectivity index (χ0n) is 12.3. The highest BCUT2D eigenvalue weighted by Gasteiger charge is 2.46. The van der Waals surface area contributed by atoms with Crippen molar-refractivity contribution in [1.29, 1.82) is 0 Å². The maximum absolute atomic E-state index is 12.9. The van der Waals surface area contributed by atoms with E-state index < -0.39 is 15.6 Å². The number of nitrogens with one attached hydrogen (secondary N) is 1. The average molecular weight is 336 g/mol. The van der Waals surface area contributed by atoms with Crippen LogP contribution in [0.2, 0.25) is 0 Å². The number of imidazole rings is 1. The van der Waals surface area contributed by atoms with E-state index in [1.807, 2.05) is 6.07 Å². The van der Waals surface area contributed by atoms with Crippen molar-refractivity contribution in [3.8, 4) is 0 Å². The molecule has 122 valence electrons. The number of fused-ring (bicyclic) bond motifs is 1. The van der Waals surface area contributed by atoms with Crippen molar-refractivity contribution >= 4 is 21.6 Å². The van der Waals surface area contributed by atoms with Crippen molar-refractivity contribution in [1.82, 2.24) is 19.0 Å². The number of sulfonamides is 1. The molecule has 0 aromatic carbocycles. The summed E-state index contributed by atoms with van der Waals surface area (Å²) in [6.07, 6.45) is 3.61. The fourth-order valence-electron chi connectivity index (χ4n) is 3.09. The average Bonchev–Trinajstić information content (AvgIpc) is 3.16. The van der Waals surface area contributed by atoms with E-state index in [4.69, 9.17) is 4.74 Å². The second kappa shape index (κ2) is 5.02. The molecule has 1 unspecified atom stereocenters. The molecule has 4 rings (SSSR count). The molecule has 8 nitrogen and oxygen atoms in total. The number of rotatable bonds is 2. The maximum Gasteiger partial charge on any atom is 0.260 e. The van der Waals surface area contributed by atoms with Crippen molar-refractivity contribution in [2.45, 2.75) is 17.0 Å². The van der Waals surface area contributed by atoms with Gasteiger partial charge in [0, 0.05) is 25.8 Å². The van der Waals surface area contributed by atoms with Crippen LogP contribution in [-0.4, -0.2) is 59.9 Å². The molecule has 1 amide bonds. The molecule has 2 aliphatic rings. The number of carbonyl (C=O) groups is 1. The van der Waals surface area contributed by atoms with E-state index in [0.717, 1.165) is 0 Å². The van der Waals surface area contributed by atoms with Crippen LogP contribution < -0.4 is 5.32 Å². The third kappa shape index (κ3) is 2.32. The molecule has 4 heterocycles. The van der Waals surface area contributed by atoms with Gasteiger partial charge in [0.15, 0.2) is 5.03 Å². The van der Waals surface area contributed by atoms with Crippen LogP contribution in [0.25, 0.3) is 5.65 Å². The van der Waals surface area contributed by atoms with Crippen molar-refractivity contribution in [3.05, 3.63) is 30.6 Å². The molecule has 1 N–H and O–H groups in total. The lowest BCUT2D eigenvalue weighted by Crippen LogP contribution is -2.54. The quantitative estimate of drug-likeness (QED) is 0.806. The van der Waals surface area contributed by atoms with Crippen LogP contribution in [0.5, 0.6) is 0 Å². The van der Waals surface area contributed by atoms with Gasteiger partial charge in [-0.05, 0) is 18.6 Å². The molecule has 0 saturated carbocycles. The van der Waals surface area contributed by atoms with E-state index in [9.17, 15) is 13.2 Å². The molecular formula is C14H16N4O4S. The Morgan fingerprint density at radius 2 is 2.22 bits per heavy atom. The first-order valence-corrected chi connectivity index (χ1v) is 8.77. The number of hydrogen-bond donors (Lipinski definition) is 1. The molecule has 2 aliphatic heterocycles. The van der Waals surface area contributed by atoms with Gasteiger partial charge in [-0.3, -0.25) is 9.20 Å². The maximum atomic E-state index is 12.9. The van der Waals surface area contributed by atoms with Gasteiger partial charge in [0.05, 0.1) is 6.20 Å². The summed E-state index contributed by atoms with van der Waals surface area (Å²) in [5.74, 6) is -0.168. The Labute approximate surface area is 133 Å². The number of amides is 1. The Balaban J connectivity index is 1.64. The Morgan fingerprint density at radius 1 is 1.35 bits per heavy atom. The molecular weight excluding hydrogens is 320 g/mol. The van der Waals surface area contributed by atoms with E-state index >= 15 is 0 Å². The molecule has 0 aliphatic carbocycles. The molecule has 23 heavy (non-hydrogen) atoms. The summed E-state index contributed by atoms with van der Waals surface area (Å²) >= 11 is 0. The van der Waals surface area contributed by atoms with Crippen LogP contribution in [-0.2, 0) is 19.6 Å². The number of ether oxygens (including phenoxy) is 1. The van der Waals surface area contributed by atoms with Crippen LogP contribution in [0.4, 0.5) is 0 Å². The predicted octanol–water partition coefficient (Wildman–Crippen LogP) is -0.386. The van der Waals surface area contributed by atoms with E-state index in [-0.39, 0.29) is 24.1 Å². The predicted molar refractivity (Wildman–Crippen MR) is 80.3 cm³/mol. The summed E-state index contributed by atoms with van der Waals surface area (Å²) < 4.78 is 34.4. The van der Waals surface area contributed by atoms with Gasteiger partial charge in [0.2, 0.25) is 5.91 Å². The minimum Gasteiger partial charge on any atom is -0.362 e. The Morgan fingerprint density at radius 3 is 3.00 bits per heavy atom. The molecule has 2 saturated heterocycles. The molecule has 2 aromatic rings. The third-order valence-electron chi connectivity index (χ3n) is 4.39. The number of hydrogen-bond acceptors (Lipinski definition) is 5. The zero-order valence-corrected chi connectivity index (χ0v) is 13.1. The first kappa shape index (κ1) is 14.6. The summed E-state index contributed by atoms with van der Waals surface area (Å²) in [6.45, 7) is 0.905. The standard InChI is InChI=1S/C14H16N4O4S/c19-12-8-22-14(9-16-12)4-6-17(10-14)23(20,21)13-7-15-11-3-1-2-5-18(11)13/h1-3,5,7H,4,6,8-10H2,(H,16,19). The normalized spacial score (nSPS) is 26.0. The molecule has 1 atom stereocenters. The summed E-state index contributed by atoms with van der Waals surface area (Å²) in [7, 11) is -3.67. The molecule has 1 spiro atoms. The SMILES string of the molecule is O=C1COC2(CCN(S(=O)(=O)c3cnc4ccccn34)C2)CN1. The van der Waals surface area contributed by atoms with E-state index in [1.165, 1.54) is 10.5 Å². The highest BCUT2D eigenvalue weighted by Crippen LogP contribution is 2.31. The fourth-order valence-corrected chi connectivity index (χ4v) is 4.68.